The summed E-state index contributed by atoms with van der Waals surface area (Å²) in [6, 6.07) is 5.03. The number of sulfonamides is 1. The van der Waals surface area contributed by atoms with Crippen molar-refractivity contribution in [1.82, 2.24) is 5.32 Å². The lowest BCUT2D eigenvalue weighted by molar-refractivity contribution is 0.582. The van der Waals surface area contributed by atoms with Crippen LogP contribution in [0.25, 0.3) is 0 Å². The molecule has 1 aliphatic heterocycles. The molecule has 1 saturated heterocycles. The van der Waals surface area contributed by atoms with Crippen molar-refractivity contribution in [2.75, 3.05) is 17.0 Å². The third-order valence-corrected chi connectivity index (χ3v) is 5.40. The van der Waals surface area contributed by atoms with Crippen molar-refractivity contribution in [3.63, 3.8) is 0 Å². The molecular formula is C11H14BrClN2O2S. The highest BCUT2D eigenvalue weighted by Crippen LogP contribution is 2.26. The molecule has 2 rings (SSSR count). The second kappa shape index (κ2) is 5.77. The second-order valence-electron chi connectivity index (χ2n) is 4.31. The van der Waals surface area contributed by atoms with Crippen LogP contribution in [0.4, 0.5) is 5.69 Å². The van der Waals surface area contributed by atoms with Gasteiger partial charge in [-0.1, -0.05) is 11.6 Å². The van der Waals surface area contributed by atoms with E-state index in [1.165, 1.54) is 0 Å². The average Bonchev–Trinajstić information content (AvgIpc) is 2.75. The molecule has 0 aliphatic carbocycles. The molecule has 0 bridgehead atoms. The number of rotatable bonds is 4. The van der Waals surface area contributed by atoms with Gasteiger partial charge in [0.1, 0.15) is 0 Å². The molecule has 1 heterocycles. The van der Waals surface area contributed by atoms with Gasteiger partial charge in [0.15, 0.2) is 0 Å². The predicted molar refractivity (Wildman–Crippen MR) is 77.6 cm³/mol. The number of hydrogen-bond donors (Lipinski definition) is 2. The molecule has 1 unspecified atom stereocenters. The third kappa shape index (κ3) is 3.85. The zero-order chi connectivity index (χ0) is 13.2. The van der Waals surface area contributed by atoms with Crippen LogP contribution in [0.5, 0.6) is 0 Å². The van der Waals surface area contributed by atoms with E-state index < -0.39 is 10.0 Å². The normalized spacial score (nSPS) is 20.0. The lowest BCUT2D eigenvalue weighted by Crippen LogP contribution is -2.32. The molecule has 4 nitrogen and oxygen atoms in total. The minimum atomic E-state index is -3.33. The van der Waals surface area contributed by atoms with Crippen LogP contribution in [0.1, 0.15) is 12.8 Å². The Morgan fingerprint density at radius 1 is 1.50 bits per heavy atom. The van der Waals surface area contributed by atoms with Crippen LogP contribution in [0.2, 0.25) is 5.02 Å². The highest BCUT2D eigenvalue weighted by molar-refractivity contribution is 9.10. The zero-order valence-corrected chi connectivity index (χ0v) is 12.8. The van der Waals surface area contributed by atoms with Gasteiger partial charge in [0.25, 0.3) is 0 Å². The Balaban J connectivity index is 2.04. The standard InChI is InChI=1S/C11H14BrClN2O2S/c12-10-4-3-8(6-11(10)13)15-18(16,17)7-9-2-1-5-14-9/h3-4,6,9,14-15H,1-2,5,7H2. The molecule has 1 aliphatic rings. The summed E-state index contributed by atoms with van der Waals surface area (Å²) in [6.07, 6.45) is 1.94. The zero-order valence-electron chi connectivity index (χ0n) is 9.62. The van der Waals surface area contributed by atoms with E-state index in [9.17, 15) is 8.42 Å². The Labute approximate surface area is 120 Å². The summed E-state index contributed by atoms with van der Waals surface area (Å²) in [4.78, 5) is 0. The Hall–Kier alpha value is -0.300. The van der Waals surface area contributed by atoms with Gasteiger partial charge in [-0.05, 0) is 53.5 Å². The van der Waals surface area contributed by atoms with Crippen molar-refractivity contribution in [1.29, 1.82) is 0 Å². The minimum absolute atomic E-state index is 0.0495. The van der Waals surface area contributed by atoms with Crippen LogP contribution < -0.4 is 10.0 Å². The number of hydrogen-bond acceptors (Lipinski definition) is 3. The fraction of sp³-hybridized carbons (Fsp3) is 0.455. The van der Waals surface area contributed by atoms with Crippen LogP contribution in [0.15, 0.2) is 22.7 Å². The van der Waals surface area contributed by atoms with E-state index in [2.05, 4.69) is 26.0 Å². The molecule has 0 radical (unpaired) electrons. The number of nitrogens with one attached hydrogen (secondary N) is 2. The van der Waals surface area contributed by atoms with Crippen molar-refractivity contribution in [2.45, 2.75) is 18.9 Å². The first-order valence-electron chi connectivity index (χ1n) is 5.65. The van der Waals surface area contributed by atoms with E-state index in [-0.39, 0.29) is 11.8 Å². The lowest BCUT2D eigenvalue weighted by Gasteiger charge is -2.13. The molecule has 1 aromatic rings. The van der Waals surface area contributed by atoms with Gasteiger partial charge in [0.2, 0.25) is 10.0 Å². The minimum Gasteiger partial charge on any atom is -0.313 e. The van der Waals surface area contributed by atoms with Crippen molar-refractivity contribution in [3.8, 4) is 0 Å². The quantitative estimate of drug-likeness (QED) is 0.875. The molecular weight excluding hydrogens is 340 g/mol. The average molecular weight is 354 g/mol. The topological polar surface area (TPSA) is 58.2 Å². The second-order valence-corrected chi connectivity index (χ2v) is 7.33. The van der Waals surface area contributed by atoms with Gasteiger partial charge >= 0.3 is 0 Å². The van der Waals surface area contributed by atoms with Crippen molar-refractivity contribution in [2.24, 2.45) is 0 Å². The lowest BCUT2D eigenvalue weighted by atomic mass is 10.3. The van der Waals surface area contributed by atoms with Gasteiger partial charge in [0.05, 0.1) is 16.5 Å². The summed E-state index contributed by atoms with van der Waals surface area (Å²) in [5.41, 5.74) is 0.487. The summed E-state index contributed by atoms with van der Waals surface area (Å²) in [7, 11) is -3.33. The van der Waals surface area contributed by atoms with E-state index >= 15 is 0 Å². The van der Waals surface area contributed by atoms with E-state index in [0.717, 1.165) is 23.9 Å². The maximum atomic E-state index is 11.9. The largest absolute Gasteiger partial charge is 0.313 e. The maximum Gasteiger partial charge on any atom is 0.234 e. The molecule has 18 heavy (non-hydrogen) atoms. The van der Waals surface area contributed by atoms with E-state index in [1.807, 2.05) is 0 Å². The number of anilines is 1. The molecule has 100 valence electrons. The first kappa shape index (κ1) is 14.1. The Bertz CT molecular complexity index is 530. The van der Waals surface area contributed by atoms with Crippen LogP contribution in [-0.4, -0.2) is 26.8 Å². The van der Waals surface area contributed by atoms with Gasteiger partial charge in [-0.15, -0.1) is 0 Å². The van der Waals surface area contributed by atoms with E-state index in [0.29, 0.717) is 10.7 Å². The van der Waals surface area contributed by atoms with Crippen molar-refractivity contribution in [3.05, 3.63) is 27.7 Å². The van der Waals surface area contributed by atoms with Gasteiger partial charge in [-0.2, -0.15) is 0 Å². The van der Waals surface area contributed by atoms with Crippen LogP contribution in [0.3, 0.4) is 0 Å². The Morgan fingerprint density at radius 2 is 2.28 bits per heavy atom. The summed E-state index contributed by atoms with van der Waals surface area (Å²) in [6.45, 7) is 0.893. The highest BCUT2D eigenvalue weighted by atomic mass is 79.9. The van der Waals surface area contributed by atoms with Gasteiger partial charge in [-0.25, -0.2) is 8.42 Å². The summed E-state index contributed by atoms with van der Waals surface area (Å²) >= 11 is 9.18. The molecule has 1 aromatic carbocycles. The first-order valence-corrected chi connectivity index (χ1v) is 8.47. The Kier molecular flexibility index (Phi) is 4.53. The summed E-state index contributed by atoms with van der Waals surface area (Å²) in [5, 5.41) is 3.65. The molecule has 0 spiro atoms. The predicted octanol–water partition coefficient (Wildman–Crippen LogP) is 2.60. The fourth-order valence-electron chi connectivity index (χ4n) is 1.94. The monoisotopic (exact) mass is 352 g/mol. The fourth-order valence-corrected chi connectivity index (χ4v) is 3.76. The molecule has 1 fully saturated rings. The highest BCUT2D eigenvalue weighted by Gasteiger charge is 2.22. The number of benzene rings is 1. The SMILES string of the molecule is O=S(=O)(CC1CCCN1)Nc1ccc(Br)c(Cl)c1. The molecule has 2 N–H and O–H groups in total. The third-order valence-electron chi connectivity index (χ3n) is 2.78. The summed E-state index contributed by atoms with van der Waals surface area (Å²) in [5.74, 6) is 0.0979. The molecule has 7 heteroatoms. The molecule has 0 saturated carbocycles. The molecule has 0 amide bonds. The van der Waals surface area contributed by atoms with Crippen LogP contribution >= 0.6 is 27.5 Å². The van der Waals surface area contributed by atoms with Gasteiger partial charge < -0.3 is 5.32 Å². The molecule has 0 aromatic heterocycles. The molecule has 1 atom stereocenters. The maximum absolute atomic E-state index is 11.9. The van der Waals surface area contributed by atoms with Crippen molar-refractivity contribution < 1.29 is 8.42 Å². The Morgan fingerprint density at radius 3 is 2.89 bits per heavy atom. The van der Waals surface area contributed by atoms with E-state index in [1.54, 1.807) is 18.2 Å². The number of halogens is 2. The van der Waals surface area contributed by atoms with Crippen LogP contribution in [-0.2, 0) is 10.0 Å². The van der Waals surface area contributed by atoms with E-state index in [4.69, 9.17) is 11.6 Å². The smallest absolute Gasteiger partial charge is 0.234 e. The van der Waals surface area contributed by atoms with Crippen LogP contribution in [0, 0.1) is 0 Å². The first-order chi connectivity index (χ1) is 8.46. The van der Waals surface area contributed by atoms with Crippen molar-refractivity contribution >= 4 is 43.2 Å². The summed E-state index contributed by atoms with van der Waals surface area (Å²) < 4.78 is 27.2. The van der Waals surface area contributed by atoms with Gasteiger partial charge in [-0.3, -0.25) is 4.72 Å². The van der Waals surface area contributed by atoms with Gasteiger partial charge in [0, 0.05) is 10.5 Å².